The molecule has 1 aromatic rings. The van der Waals surface area contributed by atoms with E-state index in [1.165, 1.54) is 22.5 Å². The molecule has 1 aliphatic heterocycles. The summed E-state index contributed by atoms with van der Waals surface area (Å²) in [5.41, 5.74) is 0.329. The molecule has 2 rings (SSSR count). The zero-order valence-corrected chi connectivity index (χ0v) is 12.1. The van der Waals surface area contributed by atoms with Crippen molar-refractivity contribution in [3.05, 3.63) is 29.6 Å². The summed E-state index contributed by atoms with van der Waals surface area (Å²) in [7, 11) is -3.58. The van der Waals surface area contributed by atoms with Crippen molar-refractivity contribution in [2.45, 2.75) is 37.9 Å². The fraction of sp³-hybridized carbons (Fsp3) is 0.538. The van der Waals surface area contributed by atoms with Crippen LogP contribution in [-0.2, 0) is 14.8 Å². The van der Waals surface area contributed by atoms with Gasteiger partial charge in [-0.15, -0.1) is 0 Å². The third-order valence-corrected chi connectivity index (χ3v) is 4.98. The van der Waals surface area contributed by atoms with Crippen molar-refractivity contribution < 1.29 is 17.5 Å². The van der Waals surface area contributed by atoms with Crippen molar-refractivity contribution in [3.8, 4) is 0 Å². The molecule has 2 unspecified atom stereocenters. The SMILES string of the molecule is Cc1cc(S(=O)(=O)N2CC(C)OC(C)C2)ccc1F. The minimum absolute atomic E-state index is 0.132. The second-order valence-electron chi connectivity index (χ2n) is 4.99. The maximum Gasteiger partial charge on any atom is 0.243 e. The molecular weight excluding hydrogens is 269 g/mol. The van der Waals surface area contributed by atoms with Crippen molar-refractivity contribution in [1.29, 1.82) is 0 Å². The number of halogens is 1. The summed E-state index contributed by atoms with van der Waals surface area (Å²) in [5.74, 6) is -0.400. The molecule has 4 nitrogen and oxygen atoms in total. The molecule has 0 N–H and O–H groups in total. The Bertz CT molecular complexity index is 563. The van der Waals surface area contributed by atoms with Gasteiger partial charge in [0.25, 0.3) is 0 Å². The highest BCUT2D eigenvalue weighted by atomic mass is 32.2. The van der Waals surface area contributed by atoms with Gasteiger partial charge in [-0.25, -0.2) is 12.8 Å². The molecule has 19 heavy (non-hydrogen) atoms. The van der Waals surface area contributed by atoms with Crippen LogP contribution in [0.4, 0.5) is 4.39 Å². The van der Waals surface area contributed by atoms with E-state index in [9.17, 15) is 12.8 Å². The molecule has 1 aromatic carbocycles. The number of sulfonamides is 1. The third kappa shape index (κ3) is 2.96. The molecule has 1 aliphatic rings. The van der Waals surface area contributed by atoms with Gasteiger partial charge in [0, 0.05) is 13.1 Å². The first-order valence-corrected chi connectivity index (χ1v) is 7.66. The Morgan fingerprint density at radius 2 is 1.84 bits per heavy atom. The Balaban J connectivity index is 2.33. The zero-order chi connectivity index (χ0) is 14.2. The number of benzene rings is 1. The quantitative estimate of drug-likeness (QED) is 0.835. The highest BCUT2D eigenvalue weighted by molar-refractivity contribution is 7.89. The molecule has 0 bridgehead atoms. The van der Waals surface area contributed by atoms with E-state index in [2.05, 4.69) is 0 Å². The van der Waals surface area contributed by atoms with Crippen molar-refractivity contribution in [2.75, 3.05) is 13.1 Å². The third-order valence-electron chi connectivity index (χ3n) is 3.15. The molecule has 1 saturated heterocycles. The van der Waals surface area contributed by atoms with Crippen molar-refractivity contribution in [1.82, 2.24) is 4.31 Å². The van der Waals surface area contributed by atoms with E-state index < -0.39 is 15.8 Å². The monoisotopic (exact) mass is 287 g/mol. The number of hydrogen-bond donors (Lipinski definition) is 0. The maximum atomic E-state index is 13.2. The summed E-state index contributed by atoms with van der Waals surface area (Å²) in [4.78, 5) is 0.132. The molecule has 1 heterocycles. The van der Waals surface area contributed by atoms with E-state index in [1.807, 2.05) is 13.8 Å². The first kappa shape index (κ1) is 14.4. The smallest absolute Gasteiger partial charge is 0.243 e. The van der Waals surface area contributed by atoms with Gasteiger partial charge in [-0.2, -0.15) is 4.31 Å². The summed E-state index contributed by atoms with van der Waals surface area (Å²) in [6.45, 7) is 5.88. The molecular formula is C13H18FNO3S. The predicted octanol–water partition coefficient (Wildman–Crippen LogP) is 1.93. The Kier molecular flexibility index (Phi) is 3.94. The number of rotatable bonds is 2. The first-order chi connectivity index (χ1) is 8.80. The molecule has 0 saturated carbocycles. The van der Waals surface area contributed by atoms with Crippen molar-refractivity contribution in [3.63, 3.8) is 0 Å². The van der Waals surface area contributed by atoms with Crippen LogP contribution in [0.15, 0.2) is 23.1 Å². The fourth-order valence-electron chi connectivity index (χ4n) is 2.25. The topological polar surface area (TPSA) is 46.6 Å². The zero-order valence-electron chi connectivity index (χ0n) is 11.3. The van der Waals surface area contributed by atoms with E-state index in [1.54, 1.807) is 6.92 Å². The fourth-order valence-corrected chi connectivity index (χ4v) is 3.93. The first-order valence-electron chi connectivity index (χ1n) is 6.22. The van der Waals surface area contributed by atoms with Crippen LogP contribution in [0.25, 0.3) is 0 Å². The summed E-state index contributed by atoms with van der Waals surface area (Å²) >= 11 is 0. The van der Waals surface area contributed by atoms with Crippen LogP contribution in [0.2, 0.25) is 0 Å². The summed E-state index contributed by atoms with van der Waals surface area (Å²) in [5, 5.41) is 0. The lowest BCUT2D eigenvalue weighted by atomic mass is 10.2. The van der Waals surface area contributed by atoms with Crippen LogP contribution in [0.5, 0.6) is 0 Å². The van der Waals surface area contributed by atoms with Crippen LogP contribution in [0, 0.1) is 12.7 Å². The normalized spacial score (nSPS) is 25.5. The van der Waals surface area contributed by atoms with Gasteiger partial charge < -0.3 is 4.74 Å². The molecule has 6 heteroatoms. The average molecular weight is 287 g/mol. The minimum atomic E-state index is -3.58. The second kappa shape index (κ2) is 5.19. The van der Waals surface area contributed by atoms with Crippen LogP contribution in [0.3, 0.4) is 0 Å². The van der Waals surface area contributed by atoms with E-state index in [0.717, 1.165) is 0 Å². The van der Waals surface area contributed by atoms with Gasteiger partial charge in [-0.1, -0.05) is 0 Å². The van der Waals surface area contributed by atoms with Gasteiger partial charge in [0.15, 0.2) is 0 Å². The van der Waals surface area contributed by atoms with Gasteiger partial charge in [-0.3, -0.25) is 0 Å². The van der Waals surface area contributed by atoms with Crippen LogP contribution >= 0.6 is 0 Å². The standard InChI is InChI=1S/C13H18FNO3S/c1-9-6-12(4-5-13(9)14)19(16,17)15-7-10(2)18-11(3)8-15/h4-6,10-11H,7-8H2,1-3H3. The lowest BCUT2D eigenvalue weighted by Crippen LogP contribution is -2.48. The maximum absolute atomic E-state index is 13.2. The Hall–Kier alpha value is -0.980. The van der Waals surface area contributed by atoms with E-state index in [0.29, 0.717) is 18.7 Å². The lowest BCUT2D eigenvalue weighted by molar-refractivity contribution is -0.0440. The second-order valence-corrected chi connectivity index (χ2v) is 6.93. The summed E-state index contributed by atoms with van der Waals surface area (Å²) < 4.78 is 45.1. The van der Waals surface area contributed by atoms with Crippen molar-refractivity contribution >= 4 is 10.0 Å². The molecule has 2 atom stereocenters. The van der Waals surface area contributed by atoms with Gasteiger partial charge in [-0.05, 0) is 44.5 Å². The minimum Gasteiger partial charge on any atom is -0.373 e. The average Bonchev–Trinajstić information content (AvgIpc) is 2.31. The molecule has 106 valence electrons. The van der Waals surface area contributed by atoms with Crippen LogP contribution < -0.4 is 0 Å². The van der Waals surface area contributed by atoms with Crippen molar-refractivity contribution in [2.24, 2.45) is 0 Å². The Morgan fingerprint density at radius 1 is 1.26 bits per heavy atom. The predicted molar refractivity (Wildman–Crippen MR) is 69.9 cm³/mol. The molecule has 0 aliphatic carbocycles. The Labute approximate surface area is 113 Å². The van der Waals surface area contributed by atoms with E-state index >= 15 is 0 Å². The summed E-state index contributed by atoms with van der Waals surface area (Å²) in [6.07, 6.45) is -0.278. The summed E-state index contributed by atoms with van der Waals surface area (Å²) in [6, 6.07) is 3.87. The molecule has 0 aromatic heterocycles. The number of nitrogens with zero attached hydrogens (tertiary/aromatic N) is 1. The number of morpholine rings is 1. The van der Waals surface area contributed by atoms with Crippen LogP contribution in [-0.4, -0.2) is 38.0 Å². The number of aryl methyl sites for hydroxylation is 1. The number of hydrogen-bond acceptors (Lipinski definition) is 3. The Morgan fingerprint density at radius 3 is 2.37 bits per heavy atom. The van der Waals surface area contributed by atoms with E-state index in [4.69, 9.17) is 4.74 Å². The van der Waals surface area contributed by atoms with Gasteiger partial charge in [0.05, 0.1) is 17.1 Å². The van der Waals surface area contributed by atoms with Gasteiger partial charge >= 0.3 is 0 Å². The van der Waals surface area contributed by atoms with Crippen LogP contribution in [0.1, 0.15) is 19.4 Å². The van der Waals surface area contributed by atoms with Gasteiger partial charge in [0.1, 0.15) is 5.82 Å². The number of ether oxygens (including phenoxy) is 1. The molecule has 0 radical (unpaired) electrons. The molecule has 0 amide bonds. The highest BCUT2D eigenvalue weighted by Crippen LogP contribution is 2.22. The largest absolute Gasteiger partial charge is 0.373 e. The van der Waals surface area contributed by atoms with E-state index in [-0.39, 0.29) is 17.1 Å². The highest BCUT2D eigenvalue weighted by Gasteiger charge is 2.32. The molecule has 1 fully saturated rings. The van der Waals surface area contributed by atoms with Gasteiger partial charge in [0.2, 0.25) is 10.0 Å². The molecule has 0 spiro atoms. The lowest BCUT2D eigenvalue weighted by Gasteiger charge is -2.34.